The standard InChI is InChI=1S/C73H59N3O/c1-72(2,3)59-40-41-67(65(48-59)52-26-14-8-15-27-52)76-68-35-21-32-61(69(68)75-71(76)64-34-20-33-63(70(64)77)62-31-19-18-30-60(62)51-24-12-7-13-25-51)55-44-54(49-22-10-6-11-23-49)45-56(46-55)66-47-53(42-43-74-66)50-36-38-58(39-37-50)73(4,5)57-28-16-9-17-29-57/h6-48,77H,1-5H3. The van der Waals surface area contributed by atoms with Gasteiger partial charge in [-0.25, -0.2) is 4.98 Å². The van der Waals surface area contributed by atoms with Crippen molar-refractivity contribution in [1.29, 1.82) is 0 Å². The monoisotopic (exact) mass is 993 g/mol. The number of nitrogens with zero attached hydrogens (tertiary/aromatic N) is 3. The average Bonchev–Trinajstić information content (AvgIpc) is 4.05. The van der Waals surface area contributed by atoms with E-state index in [1.807, 2.05) is 36.5 Å². The molecule has 2 aromatic heterocycles. The smallest absolute Gasteiger partial charge is 0.149 e. The summed E-state index contributed by atoms with van der Waals surface area (Å²) < 4.78 is 2.26. The van der Waals surface area contributed by atoms with E-state index in [1.165, 1.54) is 16.7 Å². The number of phenolic OH excluding ortho intramolecular Hbond substituents is 1. The van der Waals surface area contributed by atoms with Crippen LogP contribution in [0.25, 0.3) is 106 Å². The molecule has 77 heavy (non-hydrogen) atoms. The summed E-state index contributed by atoms with van der Waals surface area (Å²) in [6.07, 6.45) is 1.92. The van der Waals surface area contributed by atoms with Crippen molar-refractivity contribution < 1.29 is 5.11 Å². The van der Waals surface area contributed by atoms with Crippen molar-refractivity contribution in [3.63, 3.8) is 0 Å². The van der Waals surface area contributed by atoms with Gasteiger partial charge in [-0.3, -0.25) is 9.55 Å². The summed E-state index contributed by atoms with van der Waals surface area (Å²) >= 11 is 0. The Morgan fingerprint density at radius 2 is 0.870 bits per heavy atom. The second-order valence-corrected chi connectivity index (χ2v) is 21.6. The lowest BCUT2D eigenvalue weighted by Crippen LogP contribution is -2.18. The molecule has 12 aromatic rings. The second kappa shape index (κ2) is 20.0. The molecule has 0 saturated heterocycles. The van der Waals surface area contributed by atoms with E-state index in [0.717, 1.165) is 94.7 Å². The number of phenols is 1. The Hall–Kier alpha value is -9.38. The van der Waals surface area contributed by atoms with E-state index < -0.39 is 0 Å². The molecule has 10 aromatic carbocycles. The van der Waals surface area contributed by atoms with E-state index in [4.69, 9.17) is 9.97 Å². The number of aromatic hydroxyl groups is 1. The predicted octanol–water partition coefficient (Wildman–Crippen LogP) is 19.1. The van der Waals surface area contributed by atoms with Crippen LogP contribution >= 0.6 is 0 Å². The summed E-state index contributed by atoms with van der Waals surface area (Å²) in [6, 6.07) is 89.9. The van der Waals surface area contributed by atoms with Gasteiger partial charge in [-0.15, -0.1) is 0 Å². The summed E-state index contributed by atoms with van der Waals surface area (Å²) in [6.45, 7) is 11.3. The Bertz CT molecular complexity index is 4080. The molecule has 2 heterocycles. The summed E-state index contributed by atoms with van der Waals surface area (Å²) in [5, 5.41) is 12.9. The van der Waals surface area contributed by atoms with Crippen LogP contribution in [0.1, 0.15) is 51.3 Å². The molecule has 0 fully saturated rings. The van der Waals surface area contributed by atoms with Crippen molar-refractivity contribution in [2.45, 2.75) is 45.4 Å². The minimum absolute atomic E-state index is 0.103. The maximum Gasteiger partial charge on any atom is 0.149 e. The van der Waals surface area contributed by atoms with Crippen LogP contribution in [0.5, 0.6) is 5.75 Å². The summed E-state index contributed by atoms with van der Waals surface area (Å²) in [5.74, 6) is 0.798. The van der Waals surface area contributed by atoms with Gasteiger partial charge in [-0.1, -0.05) is 235 Å². The molecule has 0 aliphatic carbocycles. The fourth-order valence-electron chi connectivity index (χ4n) is 10.9. The molecule has 0 saturated carbocycles. The lowest BCUT2D eigenvalue weighted by molar-refractivity contribution is 0.479. The zero-order chi connectivity index (χ0) is 52.7. The first kappa shape index (κ1) is 48.6. The fourth-order valence-corrected chi connectivity index (χ4v) is 10.9. The van der Waals surface area contributed by atoms with Crippen molar-refractivity contribution in [2.75, 3.05) is 0 Å². The van der Waals surface area contributed by atoms with Crippen LogP contribution in [0.4, 0.5) is 0 Å². The maximum absolute atomic E-state index is 12.9. The van der Waals surface area contributed by atoms with Crippen molar-refractivity contribution in [1.82, 2.24) is 14.5 Å². The average molecular weight is 994 g/mol. The van der Waals surface area contributed by atoms with Gasteiger partial charge in [0.05, 0.1) is 28.0 Å². The molecule has 372 valence electrons. The number of para-hydroxylation sites is 2. The normalized spacial score (nSPS) is 11.8. The molecule has 0 spiro atoms. The van der Waals surface area contributed by atoms with Crippen LogP contribution in [0.3, 0.4) is 0 Å². The molecule has 4 nitrogen and oxygen atoms in total. The van der Waals surface area contributed by atoms with E-state index in [1.54, 1.807) is 0 Å². The molecule has 4 heteroatoms. The van der Waals surface area contributed by atoms with Gasteiger partial charge in [0.15, 0.2) is 0 Å². The SMILES string of the molecule is CC(C)(C)c1ccc(-n2c(-c3cccc(-c4ccccc4-c4ccccc4)c3O)nc3c(-c4cc(-c5ccccc5)cc(-c5cc(-c6ccc(C(C)(C)c7ccccc7)cc6)ccn5)c4)cccc32)c(-c2ccccc2)c1. The number of rotatable bonds is 11. The van der Waals surface area contributed by atoms with E-state index >= 15 is 0 Å². The number of benzene rings is 10. The van der Waals surface area contributed by atoms with Crippen LogP contribution in [-0.4, -0.2) is 19.6 Å². The predicted molar refractivity (Wildman–Crippen MR) is 321 cm³/mol. The largest absolute Gasteiger partial charge is 0.507 e. The van der Waals surface area contributed by atoms with Crippen LogP contribution in [0, 0.1) is 0 Å². The Kier molecular flexibility index (Phi) is 12.6. The molecule has 1 N–H and O–H groups in total. The molecule has 0 amide bonds. The lowest BCUT2D eigenvalue weighted by Gasteiger charge is -2.26. The van der Waals surface area contributed by atoms with Crippen molar-refractivity contribution in [3.8, 4) is 101 Å². The third-order valence-electron chi connectivity index (χ3n) is 15.3. The minimum Gasteiger partial charge on any atom is -0.507 e. The van der Waals surface area contributed by atoms with Crippen LogP contribution in [0.15, 0.2) is 261 Å². The van der Waals surface area contributed by atoms with E-state index in [9.17, 15) is 5.11 Å². The Labute approximate surface area is 452 Å². The van der Waals surface area contributed by atoms with Crippen molar-refractivity contribution in [2.24, 2.45) is 0 Å². The van der Waals surface area contributed by atoms with Crippen LogP contribution in [-0.2, 0) is 10.8 Å². The number of fused-ring (bicyclic) bond motifs is 1. The molecule has 0 aliphatic heterocycles. The Morgan fingerprint density at radius 1 is 0.351 bits per heavy atom. The Morgan fingerprint density at radius 3 is 1.56 bits per heavy atom. The van der Waals surface area contributed by atoms with Gasteiger partial charge in [0, 0.05) is 33.9 Å². The van der Waals surface area contributed by atoms with Gasteiger partial charge in [-0.2, -0.15) is 0 Å². The summed E-state index contributed by atoms with van der Waals surface area (Å²) in [5.41, 5.74) is 21.0. The van der Waals surface area contributed by atoms with Gasteiger partial charge in [0.25, 0.3) is 0 Å². The highest BCUT2D eigenvalue weighted by Crippen LogP contribution is 2.46. The maximum atomic E-state index is 12.9. The van der Waals surface area contributed by atoms with E-state index in [0.29, 0.717) is 11.4 Å². The molecule has 0 radical (unpaired) electrons. The van der Waals surface area contributed by atoms with Crippen LogP contribution < -0.4 is 0 Å². The molecule has 12 rings (SSSR count). The highest BCUT2D eigenvalue weighted by molar-refractivity contribution is 5.99. The van der Waals surface area contributed by atoms with Gasteiger partial charge in [0.1, 0.15) is 11.6 Å². The summed E-state index contributed by atoms with van der Waals surface area (Å²) in [4.78, 5) is 10.8. The molecule has 0 atom stereocenters. The van der Waals surface area contributed by atoms with E-state index in [-0.39, 0.29) is 16.6 Å². The van der Waals surface area contributed by atoms with Gasteiger partial charge < -0.3 is 5.11 Å². The third kappa shape index (κ3) is 9.34. The highest BCUT2D eigenvalue weighted by Gasteiger charge is 2.27. The first-order valence-corrected chi connectivity index (χ1v) is 26.5. The molecule has 0 aliphatic rings. The van der Waals surface area contributed by atoms with Crippen molar-refractivity contribution in [3.05, 3.63) is 278 Å². The lowest BCUT2D eigenvalue weighted by atomic mass is 9.78. The second-order valence-electron chi connectivity index (χ2n) is 21.6. The Balaban J connectivity index is 1.06. The topological polar surface area (TPSA) is 50.9 Å². The summed E-state index contributed by atoms with van der Waals surface area (Å²) in [7, 11) is 0. The molecule has 0 bridgehead atoms. The molecular formula is C73H59N3O. The van der Waals surface area contributed by atoms with Crippen molar-refractivity contribution >= 4 is 11.0 Å². The third-order valence-corrected chi connectivity index (χ3v) is 15.3. The molecular weight excluding hydrogens is 935 g/mol. The number of hydrogen-bond donors (Lipinski definition) is 1. The van der Waals surface area contributed by atoms with Gasteiger partial charge >= 0.3 is 0 Å². The molecule has 0 unspecified atom stereocenters. The highest BCUT2D eigenvalue weighted by atomic mass is 16.3. The van der Waals surface area contributed by atoms with E-state index in [2.05, 4.69) is 264 Å². The number of aromatic nitrogens is 3. The van der Waals surface area contributed by atoms with Crippen LogP contribution in [0.2, 0.25) is 0 Å². The fraction of sp³-hybridized carbons (Fsp3) is 0.0959. The quantitative estimate of drug-likeness (QED) is 0.140. The number of hydrogen-bond acceptors (Lipinski definition) is 3. The number of pyridine rings is 1. The first-order valence-electron chi connectivity index (χ1n) is 26.5. The van der Waals surface area contributed by atoms with Gasteiger partial charge in [0.2, 0.25) is 0 Å². The number of imidazole rings is 1. The zero-order valence-corrected chi connectivity index (χ0v) is 44.1. The minimum atomic E-state index is -0.142. The first-order chi connectivity index (χ1) is 37.5. The van der Waals surface area contributed by atoms with Gasteiger partial charge in [-0.05, 0) is 127 Å². The zero-order valence-electron chi connectivity index (χ0n) is 44.1.